The van der Waals surface area contributed by atoms with Crippen LogP contribution in [0.5, 0.6) is 5.75 Å². The topological polar surface area (TPSA) is 141 Å². The molecule has 0 saturated carbocycles. The summed E-state index contributed by atoms with van der Waals surface area (Å²) in [6, 6.07) is 13.9. The minimum atomic E-state index is -5.35. The fraction of sp³-hybridized carbons (Fsp3) is 0.400. The number of hydrogen-bond acceptors (Lipinski definition) is 9. The van der Waals surface area contributed by atoms with Gasteiger partial charge in [0.25, 0.3) is 11.8 Å². The third-order valence-corrected chi connectivity index (χ3v) is 9.51. The largest absolute Gasteiger partial charge is 0.493 e. The number of pyridine rings is 1. The number of aryl methyl sites for hydroxylation is 1. The van der Waals surface area contributed by atoms with Gasteiger partial charge in [-0.15, -0.1) is 0 Å². The molecule has 0 spiro atoms. The number of likely N-dealkylation sites (tertiary alicyclic amines) is 1. The summed E-state index contributed by atoms with van der Waals surface area (Å²) in [4.78, 5) is 46.6. The van der Waals surface area contributed by atoms with E-state index in [2.05, 4.69) is 9.82 Å². The van der Waals surface area contributed by atoms with Crippen LogP contribution in [0.1, 0.15) is 30.5 Å². The van der Waals surface area contributed by atoms with Crippen LogP contribution in [0.15, 0.2) is 59.5 Å². The van der Waals surface area contributed by atoms with Crippen LogP contribution in [0.25, 0.3) is 10.9 Å². The van der Waals surface area contributed by atoms with Gasteiger partial charge in [0.05, 0.1) is 28.1 Å². The first-order valence-electron chi connectivity index (χ1n) is 14.1. The lowest BCUT2D eigenvalue weighted by molar-refractivity contribution is -0.208. The molecular formula is C30H30F3N3O8S. The number of carbonyl (C=O) groups excluding carboxylic acids is 3. The average Bonchev–Trinajstić information content (AvgIpc) is 3.68. The molecule has 2 amide bonds. The van der Waals surface area contributed by atoms with E-state index in [1.54, 1.807) is 0 Å². The number of hydrogen-bond donors (Lipinski definition) is 1. The summed E-state index contributed by atoms with van der Waals surface area (Å²) in [6.07, 6.45) is -5.21. The van der Waals surface area contributed by atoms with E-state index in [-0.39, 0.29) is 24.5 Å². The summed E-state index contributed by atoms with van der Waals surface area (Å²) in [5.41, 5.74) is 4.01. The number of hydroxylamine groups is 1. The number of para-hydroxylation sites is 1. The van der Waals surface area contributed by atoms with Gasteiger partial charge in [0, 0.05) is 29.8 Å². The molecular weight excluding hydrogens is 619 g/mol. The van der Waals surface area contributed by atoms with Gasteiger partial charge in [-0.1, -0.05) is 18.2 Å². The molecule has 2 aliphatic heterocycles. The number of halogens is 3. The van der Waals surface area contributed by atoms with E-state index in [1.807, 2.05) is 37.3 Å². The highest BCUT2D eigenvalue weighted by molar-refractivity contribution is 7.91. The van der Waals surface area contributed by atoms with Crippen molar-refractivity contribution in [3.63, 3.8) is 0 Å². The zero-order chi connectivity index (χ0) is 32.4. The SMILES string of the molecule is Cc1cc(COc2ccc(S(=O)(=O)C[C@H]3[C@@H](C(=O)NOC(=O)C(F)(F)F)CCN3C(=O)C3CCCO3)cc2)c2ccccc2n1. The summed E-state index contributed by atoms with van der Waals surface area (Å²) in [7, 11) is -4.14. The molecule has 2 aliphatic rings. The quantitative estimate of drug-likeness (QED) is 0.364. The lowest BCUT2D eigenvalue weighted by atomic mass is 10.0. The van der Waals surface area contributed by atoms with E-state index in [1.165, 1.54) is 34.6 Å². The molecule has 5 rings (SSSR count). The Balaban J connectivity index is 1.31. The monoisotopic (exact) mass is 649 g/mol. The molecule has 1 unspecified atom stereocenters. The van der Waals surface area contributed by atoms with Crippen LogP contribution in [-0.2, 0) is 40.4 Å². The van der Waals surface area contributed by atoms with Crippen molar-refractivity contribution in [2.45, 2.75) is 56.0 Å². The minimum Gasteiger partial charge on any atom is -0.489 e. The minimum absolute atomic E-state index is 0.0415. The number of fused-ring (bicyclic) bond motifs is 1. The number of aromatic nitrogens is 1. The Morgan fingerprint density at radius 2 is 1.82 bits per heavy atom. The van der Waals surface area contributed by atoms with Crippen LogP contribution in [-0.4, -0.2) is 73.3 Å². The standard InChI is InChI=1S/C30H30F3N3O8S/c1-18-15-19(22-5-2-3-6-24(22)34-18)16-43-20-8-10-21(11-9-20)45(40,41)17-25-23(27(37)35-44-29(39)30(31,32)33)12-13-36(25)28(38)26-7-4-14-42-26/h2-3,5-6,8-11,15,23,25-26H,4,7,12-14,16-17H2,1H3,(H,35,37)/t23-,25-,26?/m0/s1. The van der Waals surface area contributed by atoms with Crippen LogP contribution in [0.4, 0.5) is 13.2 Å². The van der Waals surface area contributed by atoms with Crippen LogP contribution >= 0.6 is 0 Å². The lowest BCUT2D eigenvalue weighted by Gasteiger charge is -2.29. The molecule has 45 heavy (non-hydrogen) atoms. The molecule has 0 aliphatic carbocycles. The Bertz CT molecular complexity index is 1690. The lowest BCUT2D eigenvalue weighted by Crippen LogP contribution is -2.49. The van der Waals surface area contributed by atoms with E-state index in [4.69, 9.17) is 9.47 Å². The van der Waals surface area contributed by atoms with E-state index < -0.39 is 57.6 Å². The predicted octanol–water partition coefficient (Wildman–Crippen LogP) is 3.43. The van der Waals surface area contributed by atoms with Crippen molar-refractivity contribution in [2.75, 3.05) is 18.9 Å². The van der Waals surface area contributed by atoms with E-state index >= 15 is 0 Å². The van der Waals surface area contributed by atoms with Crippen LogP contribution in [0, 0.1) is 12.8 Å². The van der Waals surface area contributed by atoms with Crippen molar-refractivity contribution in [2.24, 2.45) is 5.92 Å². The first kappa shape index (κ1) is 32.2. The summed E-state index contributed by atoms with van der Waals surface area (Å²) >= 11 is 0. The van der Waals surface area contributed by atoms with Gasteiger partial charge in [-0.2, -0.15) is 18.7 Å². The molecule has 2 fully saturated rings. The van der Waals surface area contributed by atoms with Gasteiger partial charge in [-0.3, -0.25) is 14.6 Å². The van der Waals surface area contributed by atoms with Gasteiger partial charge < -0.3 is 19.2 Å². The Morgan fingerprint density at radius 1 is 1.09 bits per heavy atom. The van der Waals surface area contributed by atoms with Gasteiger partial charge in [0.1, 0.15) is 18.5 Å². The average molecular weight is 650 g/mol. The number of ether oxygens (including phenoxy) is 2. The summed E-state index contributed by atoms with van der Waals surface area (Å²) in [5.74, 6) is -5.89. The molecule has 1 aromatic heterocycles. The third kappa shape index (κ3) is 7.36. The first-order chi connectivity index (χ1) is 21.3. The van der Waals surface area contributed by atoms with Crippen molar-refractivity contribution < 1.29 is 50.3 Å². The predicted molar refractivity (Wildman–Crippen MR) is 152 cm³/mol. The second-order valence-corrected chi connectivity index (χ2v) is 12.9. The van der Waals surface area contributed by atoms with Crippen molar-refractivity contribution in [3.8, 4) is 5.75 Å². The highest BCUT2D eigenvalue weighted by atomic mass is 32.2. The molecule has 3 aromatic rings. The number of benzene rings is 2. The fourth-order valence-corrected chi connectivity index (χ4v) is 7.17. The van der Waals surface area contributed by atoms with Crippen LogP contribution < -0.4 is 10.2 Å². The third-order valence-electron chi connectivity index (χ3n) is 7.74. The van der Waals surface area contributed by atoms with E-state index in [0.29, 0.717) is 25.2 Å². The van der Waals surface area contributed by atoms with Crippen molar-refractivity contribution >= 4 is 38.5 Å². The number of rotatable bonds is 8. The van der Waals surface area contributed by atoms with Gasteiger partial charge >= 0.3 is 12.1 Å². The van der Waals surface area contributed by atoms with Gasteiger partial charge in [0.2, 0.25) is 0 Å². The normalized spacial score (nSPS) is 20.3. The maximum Gasteiger partial charge on any atom is 0.493 e. The summed E-state index contributed by atoms with van der Waals surface area (Å²) in [5, 5.41) is 0.924. The van der Waals surface area contributed by atoms with Gasteiger partial charge in [-0.05, 0) is 62.6 Å². The second-order valence-electron chi connectivity index (χ2n) is 10.8. The molecule has 11 nitrogen and oxygen atoms in total. The number of alkyl halides is 3. The molecule has 2 saturated heterocycles. The highest BCUT2D eigenvalue weighted by Crippen LogP contribution is 2.31. The summed E-state index contributed by atoms with van der Waals surface area (Å²) < 4.78 is 76.1. The molecule has 2 aromatic carbocycles. The maximum absolute atomic E-state index is 13.5. The zero-order valence-electron chi connectivity index (χ0n) is 24.1. The van der Waals surface area contributed by atoms with Gasteiger partial charge in [-0.25, -0.2) is 13.2 Å². The Labute approximate surface area is 256 Å². The highest BCUT2D eigenvalue weighted by Gasteiger charge is 2.47. The molecule has 0 radical (unpaired) electrons. The van der Waals surface area contributed by atoms with Crippen LogP contribution in [0.2, 0.25) is 0 Å². The van der Waals surface area contributed by atoms with E-state index in [9.17, 15) is 36.0 Å². The van der Waals surface area contributed by atoms with Crippen molar-refractivity contribution in [3.05, 3.63) is 65.9 Å². The fourth-order valence-electron chi connectivity index (χ4n) is 5.57. The maximum atomic E-state index is 13.5. The zero-order valence-corrected chi connectivity index (χ0v) is 24.9. The molecule has 3 atom stereocenters. The molecule has 15 heteroatoms. The Morgan fingerprint density at radius 3 is 2.51 bits per heavy atom. The smallest absolute Gasteiger partial charge is 0.489 e. The van der Waals surface area contributed by atoms with Crippen molar-refractivity contribution in [1.82, 2.24) is 15.4 Å². The molecule has 0 bridgehead atoms. The molecule has 1 N–H and O–H groups in total. The van der Waals surface area contributed by atoms with E-state index in [0.717, 1.165) is 22.2 Å². The van der Waals surface area contributed by atoms with Crippen molar-refractivity contribution in [1.29, 1.82) is 0 Å². The molecule has 240 valence electrons. The van der Waals surface area contributed by atoms with Crippen LogP contribution in [0.3, 0.4) is 0 Å². The Kier molecular flexibility index (Phi) is 9.30. The number of carbonyl (C=O) groups is 3. The van der Waals surface area contributed by atoms with Gasteiger partial charge in [0.15, 0.2) is 9.84 Å². The number of nitrogens with one attached hydrogen (secondary N) is 1. The number of sulfone groups is 1. The number of nitrogens with zero attached hydrogens (tertiary/aromatic N) is 2. The summed E-state index contributed by atoms with van der Waals surface area (Å²) in [6.45, 7) is 2.38. The first-order valence-corrected chi connectivity index (χ1v) is 15.8. The Hall–Kier alpha value is -4.24. The second kappa shape index (κ2) is 13.0. The number of amides is 2. The molecule has 3 heterocycles.